The van der Waals surface area contributed by atoms with Crippen LogP contribution in [0.25, 0.3) is 0 Å². The van der Waals surface area contributed by atoms with E-state index in [0.29, 0.717) is 6.42 Å². The van der Waals surface area contributed by atoms with E-state index in [-0.39, 0.29) is 18.9 Å². The summed E-state index contributed by atoms with van der Waals surface area (Å²) in [5, 5.41) is 121. The molecule has 0 radical (unpaired) electrons. The van der Waals surface area contributed by atoms with Crippen LogP contribution in [-0.2, 0) is 33.2 Å². The Hall–Kier alpha value is -1.99. The average molecular weight is 1480 g/mol. The number of allylic oxidation sites excluding steroid dienone is 5. The molecule has 0 aromatic rings. The van der Waals surface area contributed by atoms with Crippen molar-refractivity contribution in [3.63, 3.8) is 0 Å². The topological polar surface area (TPSA) is 307 Å². The van der Waals surface area contributed by atoms with Crippen LogP contribution >= 0.6 is 0 Å². The second kappa shape index (κ2) is 65.7. The second-order valence-corrected chi connectivity index (χ2v) is 31.0. The number of aliphatic hydroxyl groups excluding tert-OH is 11. The summed E-state index contributed by atoms with van der Waals surface area (Å²) in [6.07, 6.45) is 55.7. The molecule has 12 N–H and O–H groups in total. The van der Waals surface area contributed by atoms with E-state index in [2.05, 4.69) is 43.5 Å². The van der Waals surface area contributed by atoms with Crippen LogP contribution in [0.4, 0.5) is 0 Å². The summed E-state index contributed by atoms with van der Waals surface area (Å²) in [7, 11) is 0. The van der Waals surface area contributed by atoms with Gasteiger partial charge in [-0.05, 0) is 51.4 Å². The summed E-state index contributed by atoms with van der Waals surface area (Å²) in [6, 6.07) is -0.973. The summed E-state index contributed by atoms with van der Waals surface area (Å²) in [6.45, 7) is 1.79. The molecule has 0 saturated carbocycles. The highest BCUT2D eigenvalue weighted by atomic mass is 16.8. The van der Waals surface area contributed by atoms with Gasteiger partial charge in [0.05, 0.1) is 38.6 Å². The lowest BCUT2D eigenvalue weighted by molar-refractivity contribution is -0.379. The van der Waals surface area contributed by atoms with Gasteiger partial charge in [0.2, 0.25) is 5.91 Å². The molecule has 612 valence electrons. The third-order valence-corrected chi connectivity index (χ3v) is 21.7. The molecule has 17 unspecified atom stereocenters. The summed E-state index contributed by atoms with van der Waals surface area (Å²) < 4.78 is 34.5. The lowest BCUT2D eigenvalue weighted by atomic mass is 9.96. The van der Waals surface area contributed by atoms with Crippen molar-refractivity contribution in [1.82, 2.24) is 5.32 Å². The van der Waals surface area contributed by atoms with Crippen molar-refractivity contribution in [2.45, 2.75) is 471 Å². The van der Waals surface area contributed by atoms with Gasteiger partial charge in [-0.15, -0.1) is 0 Å². The number of hydrogen-bond acceptors (Lipinski definition) is 18. The van der Waals surface area contributed by atoms with E-state index >= 15 is 0 Å². The van der Waals surface area contributed by atoms with Gasteiger partial charge in [0.1, 0.15) is 73.2 Å². The molecule has 19 nitrogen and oxygen atoms in total. The van der Waals surface area contributed by atoms with Crippen molar-refractivity contribution in [2.75, 3.05) is 26.4 Å². The zero-order valence-electron chi connectivity index (χ0n) is 65.8. The molecule has 3 rings (SSSR count). The molecule has 104 heavy (non-hydrogen) atoms. The number of rotatable bonds is 70. The van der Waals surface area contributed by atoms with Gasteiger partial charge >= 0.3 is 0 Å². The van der Waals surface area contributed by atoms with E-state index < -0.39 is 124 Å². The number of nitrogens with one attached hydrogen (secondary N) is 1. The molecule has 3 heterocycles. The molecule has 3 saturated heterocycles. The number of carbonyl (C=O) groups is 1. The van der Waals surface area contributed by atoms with Crippen molar-refractivity contribution in [3.05, 3.63) is 36.5 Å². The summed E-state index contributed by atoms with van der Waals surface area (Å²) >= 11 is 0. The first kappa shape index (κ1) is 96.2. The van der Waals surface area contributed by atoms with Crippen LogP contribution in [0.2, 0.25) is 0 Å². The Bertz CT molecular complexity index is 2020. The summed E-state index contributed by atoms with van der Waals surface area (Å²) in [4.78, 5) is 13.5. The fourth-order valence-electron chi connectivity index (χ4n) is 14.8. The van der Waals surface area contributed by atoms with Crippen LogP contribution in [0.3, 0.4) is 0 Å². The molecular weight excluding hydrogens is 1320 g/mol. The predicted octanol–water partition coefficient (Wildman–Crippen LogP) is 15.5. The van der Waals surface area contributed by atoms with Crippen molar-refractivity contribution >= 4 is 5.91 Å². The fourth-order valence-corrected chi connectivity index (χ4v) is 14.8. The van der Waals surface area contributed by atoms with Gasteiger partial charge in [0.15, 0.2) is 18.9 Å². The Labute approximate surface area is 631 Å². The van der Waals surface area contributed by atoms with Crippen molar-refractivity contribution < 1.29 is 89.4 Å². The predicted molar refractivity (Wildman–Crippen MR) is 416 cm³/mol. The van der Waals surface area contributed by atoms with E-state index in [4.69, 9.17) is 28.4 Å². The SMILES string of the molecule is CCCCCCC/C=C\C/C=C\CCCCCCCCCCCCCCCCCCCCCCCC(=O)NC(COC1OC(CO)C(OC2OC(CO)C(OC3OC(CO)C(O)C(O)C3O)C(O)C2O)C(O)C1O)C(O)/C=C/CCCCCCCCCCCCCCCCCCCCCCCCCC. The Balaban J connectivity index is 1.34. The average Bonchev–Trinajstić information content (AvgIpc) is 0.783. The standard InChI is InChI=1S/C85H159NO18/c1-3-5-7-9-11-13-15-17-19-21-23-25-27-29-31-32-33-34-35-36-37-39-41-43-45-47-49-51-53-55-57-59-61-63-73(91)86-68(69(90)62-60-58-56-54-52-50-48-46-44-42-40-38-30-28-26-24-22-20-18-16-14-12-10-8-6-4-2)67-99-83-79(97)76(94)81(71(65-88)101-83)104-85-80(98)77(95)82(72(66-89)102-85)103-84-78(96)75(93)74(92)70(64-87)100-84/h15,17,21,23,60,62,68-72,74-85,87-90,92-98H,3-14,16,18-20,22,24-59,61,63-67H2,1-2H3,(H,86,91)/b17-15-,23-21-,62-60+. The number of aliphatic hydroxyl groups is 11. The van der Waals surface area contributed by atoms with Gasteiger partial charge in [-0.2, -0.15) is 0 Å². The molecule has 1 amide bonds. The molecule has 0 aromatic heterocycles. The zero-order chi connectivity index (χ0) is 75.3. The van der Waals surface area contributed by atoms with Crippen LogP contribution in [0.1, 0.15) is 367 Å². The van der Waals surface area contributed by atoms with Gasteiger partial charge in [-0.1, -0.05) is 346 Å². The second-order valence-electron chi connectivity index (χ2n) is 31.0. The molecule has 17 atom stereocenters. The Kier molecular flexibility index (Phi) is 60.8. The highest BCUT2D eigenvalue weighted by molar-refractivity contribution is 5.76. The maximum absolute atomic E-state index is 13.5. The minimum atomic E-state index is -1.98. The van der Waals surface area contributed by atoms with E-state index in [1.165, 1.54) is 289 Å². The van der Waals surface area contributed by atoms with Crippen molar-refractivity contribution in [3.8, 4) is 0 Å². The third kappa shape index (κ3) is 44.8. The van der Waals surface area contributed by atoms with Gasteiger partial charge < -0.3 is 89.9 Å². The van der Waals surface area contributed by atoms with Gasteiger partial charge in [-0.25, -0.2) is 0 Å². The minimum Gasteiger partial charge on any atom is -0.394 e. The Morgan fingerprint density at radius 3 is 0.981 bits per heavy atom. The van der Waals surface area contributed by atoms with Crippen LogP contribution < -0.4 is 5.32 Å². The lowest BCUT2D eigenvalue weighted by Crippen LogP contribution is -2.66. The number of unbranched alkanes of at least 4 members (excludes halogenated alkanes) is 50. The molecular formula is C85H159NO18. The number of amides is 1. The molecule has 0 aliphatic carbocycles. The number of carbonyl (C=O) groups excluding carboxylic acids is 1. The molecule has 3 fully saturated rings. The molecule has 3 aliphatic rings. The Morgan fingerprint density at radius 2 is 0.635 bits per heavy atom. The highest BCUT2D eigenvalue weighted by Gasteiger charge is 2.54. The fraction of sp³-hybridized carbons (Fsp3) is 0.918. The van der Waals surface area contributed by atoms with Crippen LogP contribution in [0.5, 0.6) is 0 Å². The first-order valence-corrected chi connectivity index (χ1v) is 43.2. The highest BCUT2D eigenvalue weighted by Crippen LogP contribution is 2.33. The molecule has 0 spiro atoms. The number of ether oxygens (including phenoxy) is 6. The van der Waals surface area contributed by atoms with Gasteiger partial charge in [-0.3, -0.25) is 4.79 Å². The maximum Gasteiger partial charge on any atom is 0.220 e. The molecule has 19 heteroatoms. The van der Waals surface area contributed by atoms with E-state index in [1.807, 2.05) is 6.08 Å². The van der Waals surface area contributed by atoms with E-state index in [9.17, 15) is 61.0 Å². The smallest absolute Gasteiger partial charge is 0.220 e. The third-order valence-electron chi connectivity index (χ3n) is 21.7. The van der Waals surface area contributed by atoms with Crippen molar-refractivity contribution in [2.24, 2.45) is 0 Å². The van der Waals surface area contributed by atoms with E-state index in [1.54, 1.807) is 6.08 Å². The summed E-state index contributed by atoms with van der Waals surface area (Å²) in [5.74, 6) is -0.268. The Morgan fingerprint density at radius 1 is 0.346 bits per heavy atom. The lowest BCUT2D eigenvalue weighted by Gasteiger charge is -2.48. The first-order chi connectivity index (χ1) is 50.8. The monoisotopic (exact) mass is 1480 g/mol. The van der Waals surface area contributed by atoms with E-state index in [0.717, 1.165) is 51.4 Å². The summed E-state index contributed by atoms with van der Waals surface area (Å²) in [5.41, 5.74) is 0. The van der Waals surface area contributed by atoms with Crippen molar-refractivity contribution in [1.29, 1.82) is 0 Å². The normalized spacial score (nSPS) is 26.0. The van der Waals surface area contributed by atoms with Crippen LogP contribution in [0.15, 0.2) is 36.5 Å². The van der Waals surface area contributed by atoms with Gasteiger partial charge in [0, 0.05) is 6.42 Å². The zero-order valence-corrected chi connectivity index (χ0v) is 65.8. The quantitative estimate of drug-likeness (QED) is 0.0199. The number of hydrogen-bond donors (Lipinski definition) is 12. The molecule has 0 bridgehead atoms. The van der Waals surface area contributed by atoms with Crippen LogP contribution in [0, 0.1) is 0 Å². The molecule has 0 aromatic carbocycles. The van der Waals surface area contributed by atoms with Gasteiger partial charge in [0.25, 0.3) is 0 Å². The molecule has 3 aliphatic heterocycles. The first-order valence-electron chi connectivity index (χ1n) is 43.2. The minimum absolute atomic E-state index is 0.247. The van der Waals surface area contributed by atoms with Crippen LogP contribution in [-0.4, -0.2) is 193 Å². The largest absolute Gasteiger partial charge is 0.394 e. The maximum atomic E-state index is 13.5.